The predicted molar refractivity (Wildman–Crippen MR) is 136 cm³/mol. The molecule has 3 aromatic rings. The molecule has 0 radical (unpaired) electrons. The number of rotatable bonds is 7. The summed E-state index contributed by atoms with van der Waals surface area (Å²) in [5.74, 6) is 0.208. The van der Waals surface area contributed by atoms with E-state index in [4.69, 9.17) is 4.99 Å². The van der Waals surface area contributed by atoms with Gasteiger partial charge in [0.25, 0.3) is 0 Å². The summed E-state index contributed by atoms with van der Waals surface area (Å²) in [5, 5.41) is 30.8. The summed E-state index contributed by atoms with van der Waals surface area (Å²) in [7, 11) is 0. The molecule has 33 heavy (non-hydrogen) atoms. The molecule has 4 rings (SSSR count). The first kappa shape index (κ1) is 22.9. The molecule has 0 amide bonds. The molecule has 1 atom stereocenters. The van der Waals surface area contributed by atoms with Crippen molar-refractivity contribution in [2.24, 2.45) is 10.9 Å². The third-order valence-corrected chi connectivity index (χ3v) is 6.36. The van der Waals surface area contributed by atoms with Gasteiger partial charge in [0.1, 0.15) is 0 Å². The first-order chi connectivity index (χ1) is 16.0. The van der Waals surface area contributed by atoms with E-state index >= 15 is 0 Å². The van der Waals surface area contributed by atoms with Gasteiger partial charge in [-0.15, -0.1) is 0 Å². The maximum Gasteiger partial charge on any atom is 0.0991 e. The average Bonchev–Trinajstić information content (AvgIpc) is 2.84. The molecule has 0 saturated heterocycles. The molecule has 0 spiro atoms. The van der Waals surface area contributed by atoms with E-state index < -0.39 is 0 Å². The van der Waals surface area contributed by atoms with E-state index in [0.717, 1.165) is 40.4 Å². The number of hydrogen-bond acceptors (Lipinski definition) is 4. The number of fused-ring (bicyclic) bond motifs is 2. The third kappa shape index (κ3) is 4.90. The number of benzene rings is 3. The Morgan fingerprint density at radius 2 is 1.85 bits per heavy atom. The zero-order valence-electron chi connectivity index (χ0n) is 19.3. The molecule has 4 heteroatoms. The van der Waals surface area contributed by atoms with E-state index in [2.05, 4.69) is 62.4 Å². The van der Waals surface area contributed by atoms with Crippen LogP contribution in [0, 0.1) is 17.2 Å². The second-order valence-electron chi connectivity index (χ2n) is 8.97. The van der Waals surface area contributed by atoms with E-state index in [-0.39, 0.29) is 19.1 Å². The van der Waals surface area contributed by atoms with Crippen LogP contribution in [0.1, 0.15) is 59.6 Å². The van der Waals surface area contributed by atoms with E-state index in [1.807, 2.05) is 18.2 Å². The predicted octanol–water partition coefficient (Wildman–Crippen LogP) is 5.34. The van der Waals surface area contributed by atoms with Gasteiger partial charge in [-0.05, 0) is 81.6 Å². The highest BCUT2D eigenvalue weighted by Crippen LogP contribution is 2.31. The van der Waals surface area contributed by atoms with Crippen molar-refractivity contribution in [3.05, 3.63) is 81.9 Å². The van der Waals surface area contributed by atoms with Crippen LogP contribution < -0.4 is 0 Å². The Balaban J connectivity index is 1.74. The van der Waals surface area contributed by atoms with Gasteiger partial charge in [-0.2, -0.15) is 5.26 Å². The minimum Gasteiger partial charge on any atom is -0.396 e. The molecule has 1 heterocycles. The van der Waals surface area contributed by atoms with Gasteiger partial charge in [-0.1, -0.05) is 50.3 Å². The van der Waals surface area contributed by atoms with Crippen molar-refractivity contribution in [2.75, 3.05) is 19.8 Å². The van der Waals surface area contributed by atoms with Gasteiger partial charge in [-0.3, -0.25) is 4.99 Å². The zero-order valence-corrected chi connectivity index (χ0v) is 19.3. The van der Waals surface area contributed by atoms with Crippen molar-refractivity contribution in [1.29, 1.82) is 5.26 Å². The minimum absolute atomic E-state index is 0.000406. The van der Waals surface area contributed by atoms with E-state index in [9.17, 15) is 15.5 Å². The van der Waals surface area contributed by atoms with Crippen molar-refractivity contribution in [1.82, 2.24) is 0 Å². The molecule has 0 aliphatic carbocycles. The molecule has 0 bridgehead atoms. The van der Waals surface area contributed by atoms with Gasteiger partial charge in [0.05, 0.1) is 18.2 Å². The van der Waals surface area contributed by atoms with Gasteiger partial charge < -0.3 is 10.2 Å². The van der Waals surface area contributed by atoms with Crippen LogP contribution in [0.4, 0.5) is 0 Å². The van der Waals surface area contributed by atoms with Crippen molar-refractivity contribution in [2.45, 2.75) is 32.6 Å². The molecular weight excluding hydrogens is 408 g/mol. The van der Waals surface area contributed by atoms with Crippen LogP contribution in [0.5, 0.6) is 0 Å². The molecule has 168 valence electrons. The Morgan fingerprint density at radius 1 is 1.03 bits per heavy atom. The van der Waals surface area contributed by atoms with E-state index in [0.29, 0.717) is 17.9 Å². The highest BCUT2D eigenvalue weighted by Gasteiger charge is 2.17. The lowest BCUT2D eigenvalue weighted by Gasteiger charge is -2.20. The van der Waals surface area contributed by atoms with Gasteiger partial charge in [0.2, 0.25) is 0 Å². The number of aliphatic imine (C=N–C) groups is 1. The van der Waals surface area contributed by atoms with Crippen molar-refractivity contribution >= 4 is 28.6 Å². The molecule has 4 nitrogen and oxygen atoms in total. The van der Waals surface area contributed by atoms with E-state index in [1.165, 1.54) is 16.8 Å². The summed E-state index contributed by atoms with van der Waals surface area (Å²) in [4.78, 5) is 4.76. The number of aliphatic hydroxyl groups excluding tert-OH is 2. The van der Waals surface area contributed by atoms with Crippen LogP contribution >= 0.6 is 0 Å². The zero-order chi connectivity index (χ0) is 23.4. The second-order valence-corrected chi connectivity index (χ2v) is 8.97. The maximum absolute atomic E-state index is 9.97. The molecule has 0 fully saturated rings. The summed E-state index contributed by atoms with van der Waals surface area (Å²) in [5.41, 5.74) is 7.49. The number of aliphatic hydroxyl groups is 2. The number of hydrogen-bond donors (Lipinski definition) is 2. The van der Waals surface area contributed by atoms with Gasteiger partial charge in [0.15, 0.2) is 0 Å². The lowest BCUT2D eigenvalue weighted by molar-refractivity contribution is 0.220. The fourth-order valence-corrected chi connectivity index (χ4v) is 4.64. The fourth-order valence-electron chi connectivity index (χ4n) is 4.64. The van der Waals surface area contributed by atoms with Crippen LogP contribution in [-0.4, -0.2) is 35.7 Å². The highest BCUT2D eigenvalue weighted by molar-refractivity contribution is 6.04. The fraction of sp³-hybridized carbons (Fsp3) is 0.310. The largest absolute Gasteiger partial charge is 0.396 e. The van der Waals surface area contributed by atoms with Crippen LogP contribution in [0.25, 0.3) is 22.9 Å². The lowest BCUT2D eigenvalue weighted by Crippen LogP contribution is -2.18. The van der Waals surface area contributed by atoms with Gasteiger partial charge in [0, 0.05) is 24.8 Å². The lowest BCUT2D eigenvalue weighted by atomic mass is 9.88. The van der Waals surface area contributed by atoms with Crippen LogP contribution in [0.15, 0.2) is 53.5 Å². The number of nitrogens with zero attached hydrogens (tertiary/aromatic N) is 2. The first-order valence-corrected chi connectivity index (χ1v) is 11.6. The standard InChI is InChI=1S/C29H30N2O2/c1-19(2)29-28-14-20(5-7-23(28)9-11-31-29)3-4-21-13-24-8-6-22(17-30)16-26(24)27(15-21)25(18-33)10-12-32/h3-8,13-16,19,25,32-33H,9-12,18H2,1-2H3. The average molecular weight is 439 g/mol. The SMILES string of the molecule is CC(C)C1=NCCc2ccc(C=Cc3cc(C(CO)CCO)c4cc(C#N)ccc4c3)cc21. The van der Waals surface area contributed by atoms with Crippen molar-refractivity contribution < 1.29 is 10.2 Å². The molecule has 1 aliphatic heterocycles. The van der Waals surface area contributed by atoms with Crippen LogP contribution in [-0.2, 0) is 6.42 Å². The monoisotopic (exact) mass is 438 g/mol. The third-order valence-electron chi connectivity index (χ3n) is 6.36. The van der Waals surface area contributed by atoms with Crippen LogP contribution in [0.2, 0.25) is 0 Å². The smallest absolute Gasteiger partial charge is 0.0991 e. The molecule has 0 aromatic heterocycles. The summed E-state index contributed by atoms with van der Waals surface area (Å²) in [6.07, 6.45) is 5.66. The Hall–Kier alpha value is -3.26. The molecule has 2 N–H and O–H groups in total. The quantitative estimate of drug-likeness (QED) is 0.489. The van der Waals surface area contributed by atoms with Gasteiger partial charge in [-0.25, -0.2) is 0 Å². The summed E-state index contributed by atoms with van der Waals surface area (Å²) < 4.78 is 0. The maximum atomic E-state index is 9.97. The topological polar surface area (TPSA) is 76.6 Å². The molecule has 1 unspecified atom stereocenters. The molecule has 0 saturated carbocycles. The summed E-state index contributed by atoms with van der Waals surface area (Å²) >= 11 is 0. The molecular formula is C29H30N2O2. The van der Waals surface area contributed by atoms with E-state index in [1.54, 1.807) is 0 Å². The molecule has 1 aliphatic rings. The van der Waals surface area contributed by atoms with Gasteiger partial charge >= 0.3 is 0 Å². The minimum atomic E-state index is -0.187. The normalized spacial score (nSPS) is 14.4. The van der Waals surface area contributed by atoms with Crippen molar-refractivity contribution in [3.63, 3.8) is 0 Å². The second kappa shape index (κ2) is 10.1. The Bertz CT molecular complexity index is 1260. The highest BCUT2D eigenvalue weighted by atomic mass is 16.3. The first-order valence-electron chi connectivity index (χ1n) is 11.6. The summed E-state index contributed by atoms with van der Waals surface area (Å²) in [6, 6.07) is 18.6. The Labute approximate surface area is 195 Å². The summed E-state index contributed by atoms with van der Waals surface area (Å²) in [6.45, 7) is 5.19. The van der Waals surface area contributed by atoms with Crippen LogP contribution in [0.3, 0.4) is 0 Å². The Kier molecular flexibility index (Phi) is 7.03. The number of nitriles is 1. The Morgan fingerprint density at radius 3 is 2.58 bits per heavy atom. The van der Waals surface area contributed by atoms with Crippen molar-refractivity contribution in [3.8, 4) is 6.07 Å². The molecule has 3 aromatic carbocycles.